The third-order valence-corrected chi connectivity index (χ3v) is 3.85. The van der Waals surface area contributed by atoms with Crippen molar-refractivity contribution in [1.29, 1.82) is 0 Å². The van der Waals surface area contributed by atoms with Crippen molar-refractivity contribution in [2.24, 2.45) is 7.05 Å². The normalized spacial score (nSPS) is 24.5. The molecule has 17 heavy (non-hydrogen) atoms. The molecule has 5 heteroatoms. The Balaban J connectivity index is 2.01. The van der Waals surface area contributed by atoms with Crippen LogP contribution in [0.4, 0.5) is 0 Å². The highest BCUT2D eigenvalue weighted by atomic mass is 35.5. The van der Waals surface area contributed by atoms with Crippen LogP contribution in [0, 0.1) is 0 Å². The summed E-state index contributed by atoms with van der Waals surface area (Å²) in [7, 11) is 1.94. The van der Waals surface area contributed by atoms with E-state index in [0.717, 1.165) is 42.4 Å². The molecule has 0 amide bonds. The van der Waals surface area contributed by atoms with Crippen molar-refractivity contribution in [3.05, 3.63) is 16.4 Å². The number of hydrogen-bond donors (Lipinski definition) is 1. The molecule has 1 aliphatic heterocycles. The van der Waals surface area contributed by atoms with Crippen molar-refractivity contribution < 1.29 is 4.74 Å². The number of aryl methyl sites for hydroxylation is 2. The van der Waals surface area contributed by atoms with Crippen LogP contribution in [-0.2, 0) is 24.8 Å². The van der Waals surface area contributed by atoms with Gasteiger partial charge in [-0.05, 0) is 19.8 Å². The number of ether oxygens (including phenoxy) is 1. The van der Waals surface area contributed by atoms with Crippen molar-refractivity contribution in [1.82, 2.24) is 15.1 Å². The SMILES string of the molecule is CCc1nn(C)c(CNC2CCOC2C)c1Cl. The molecule has 0 radical (unpaired) electrons. The Labute approximate surface area is 107 Å². The van der Waals surface area contributed by atoms with Gasteiger partial charge >= 0.3 is 0 Å². The minimum atomic E-state index is 0.285. The quantitative estimate of drug-likeness (QED) is 0.896. The molecule has 1 aromatic rings. The number of halogens is 1. The van der Waals surface area contributed by atoms with Gasteiger partial charge in [0.25, 0.3) is 0 Å². The van der Waals surface area contributed by atoms with Crippen LogP contribution < -0.4 is 5.32 Å². The third-order valence-electron chi connectivity index (χ3n) is 3.41. The highest BCUT2D eigenvalue weighted by Crippen LogP contribution is 2.21. The van der Waals surface area contributed by atoms with E-state index in [1.54, 1.807) is 0 Å². The summed E-state index contributed by atoms with van der Waals surface area (Å²) in [6.45, 7) is 5.77. The molecule has 1 fully saturated rings. The predicted octanol–water partition coefficient (Wildman–Crippen LogP) is 1.90. The van der Waals surface area contributed by atoms with Gasteiger partial charge in [0.15, 0.2) is 0 Å². The molecule has 2 rings (SSSR count). The second-order valence-electron chi connectivity index (χ2n) is 4.54. The van der Waals surface area contributed by atoms with Crippen molar-refractivity contribution in [2.45, 2.75) is 45.4 Å². The average Bonchev–Trinajstić information content (AvgIpc) is 2.82. The molecule has 1 N–H and O–H groups in total. The van der Waals surface area contributed by atoms with Crippen LogP contribution in [0.5, 0.6) is 0 Å². The Bertz CT molecular complexity index is 391. The van der Waals surface area contributed by atoms with Crippen LogP contribution in [0.3, 0.4) is 0 Å². The fourth-order valence-electron chi connectivity index (χ4n) is 2.24. The number of aromatic nitrogens is 2. The van der Waals surface area contributed by atoms with Crippen LogP contribution >= 0.6 is 11.6 Å². The van der Waals surface area contributed by atoms with Gasteiger partial charge in [0.05, 0.1) is 22.5 Å². The van der Waals surface area contributed by atoms with Crippen molar-refractivity contribution in [2.75, 3.05) is 6.61 Å². The van der Waals surface area contributed by atoms with Crippen molar-refractivity contribution in [3.63, 3.8) is 0 Å². The highest BCUT2D eigenvalue weighted by Gasteiger charge is 2.24. The lowest BCUT2D eigenvalue weighted by Crippen LogP contribution is -2.34. The molecular weight excluding hydrogens is 238 g/mol. The molecule has 1 aliphatic rings. The standard InChI is InChI=1S/C12H20ClN3O/c1-4-9-12(13)11(16(3)15-9)7-14-10-5-6-17-8(10)2/h8,10,14H,4-7H2,1-3H3. The molecular formula is C12H20ClN3O. The van der Waals surface area contributed by atoms with Gasteiger partial charge in [-0.3, -0.25) is 4.68 Å². The Kier molecular flexibility index (Phi) is 4.07. The Hall–Kier alpha value is -0.580. The summed E-state index contributed by atoms with van der Waals surface area (Å²) < 4.78 is 7.39. The Morgan fingerprint density at radius 2 is 2.35 bits per heavy atom. The second-order valence-corrected chi connectivity index (χ2v) is 4.91. The van der Waals surface area contributed by atoms with E-state index in [1.807, 2.05) is 11.7 Å². The first-order valence-electron chi connectivity index (χ1n) is 6.18. The minimum absolute atomic E-state index is 0.285. The Morgan fingerprint density at radius 1 is 1.59 bits per heavy atom. The number of hydrogen-bond acceptors (Lipinski definition) is 3. The van der Waals surface area contributed by atoms with Gasteiger partial charge in [0.1, 0.15) is 0 Å². The van der Waals surface area contributed by atoms with Gasteiger partial charge < -0.3 is 10.1 Å². The van der Waals surface area contributed by atoms with Crippen LogP contribution in [-0.4, -0.2) is 28.5 Å². The summed E-state index contributed by atoms with van der Waals surface area (Å²) in [6.07, 6.45) is 2.22. The number of nitrogens with one attached hydrogen (secondary N) is 1. The summed E-state index contributed by atoms with van der Waals surface area (Å²) in [4.78, 5) is 0. The maximum absolute atomic E-state index is 6.30. The average molecular weight is 258 g/mol. The zero-order valence-corrected chi connectivity index (χ0v) is 11.4. The topological polar surface area (TPSA) is 39.1 Å². The fourth-order valence-corrected chi connectivity index (χ4v) is 2.60. The van der Waals surface area contributed by atoms with E-state index in [2.05, 4.69) is 24.3 Å². The van der Waals surface area contributed by atoms with Gasteiger partial charge in [-0.25, -0.2) is 0 Å². The van der Waals surface area contributed by atoms with Crippen molar-refractivity contribution in [3.8, 4) is 0 Å². The zero-order chi connectivity index (χ0) is 12.4. The molecule has 96 valence electrons. The monoisotopic (exact) mass is 257 g/mol. The first-order valence-corrected chi connectivity index (χ1v) is 6.56. The van der Waals surface area contributed by atoms with E-state index >= 15 is 0 Å². The van der Waals surface area contributed by atoms with Crippen LogP contribution in [0.2, 0.25) is 5.02 Å². The van der Waals surface area contributed by atoms with E-state index in [1.165, 1.54) is 0 Å². The van der Waals surface area contributed by atoms with E-state index < -0.39 is 0 Å². The molecule has 2 atom stereocenters. The molecule has 0 saturated carbocycles. The maximum atomic E-state index is 6.30. The van der Waals surface area contributed by atoms with E-state index in [-0.39, 0.29) is 6.10 Å². The van der Waals surface area contributed by atoms with E-state index in [9.17, 15) is 0 Å². The summed E-state index contributed by atoms with van der Waals surface area (Å²) in [6, 6.07) is 0.422. The Morgan fingerprint density at radius 3 is 2.88 bits per heavy atom. The van der Waals surface area contributed by atoms with E-state index in [0.29, 0.717) is 6.04 Å². The molecule has 0 aliphatic carbocycles. The predicted molar refractivity (Wildman–Crippen MR) is 68.3 cm³/mol. The summed E-state index contributed by atoms with van der Waals surface area (Å²) in [5.74, 6) is 0. The van der Waals surface area contributed by atoms with Gasteiger partial charge in [0.2, 0.25) is 0 Å². The minimum Gasteiger partial charge on any atom is -0.377 e. The molecule has 0 bridgehead atoms. The second kappa shape index (κ2) is 5.38. The lowest BCUT2D eigenvalue weighted by atomic mass is 10.1. The molecule has 1 aromatic heterocycles. The van der Waals surface area contributed by atoms with Crippen LogP contribution in [0.25, 0.3) is 0 Å². The molecule has 2 heterocycles. The highest BCUT2D eigenvalue weighted by molar-refractivity contribution is 6.31. The first kappa shape index (κ1) is 12.9. The van der Waals surface area contributed by atoms with Crippen LogP contribution in [0.15, 0.2) is 0 Å². The lowest BCUT2D eigenvalue weighted by molar-refractivity contribution is 0.113. The van der Waals surface area contributed by atoms with Gasteiger partial charge in [0, 0.05) is 26.2 Å². The molecule has 4 nitrogen and oxygen atoms in total. The smallest absolute Gasteiger partial charge is 0.0863 e. The molecule has 2 unspecified atom stereocenters. The van der Waals surface area contributed by atoms with E-state index in [4.69, 9.17) is 16.3 Å². The van der Waals surface area contributed by atoms with Gasteiger partial charge in [-0.15, -0.1) is 0 Å². The summed E-state index contributed by atoms with van der Waals surface area (Å²) in [5.41, 5.74) is 2.03. The summed E-state index contributed by atoms with van der Waals surface area (Å²) >= 11 is 6.30. The van der Waals surface area contributed by atoms with Gasteiger partial charge in [-0.2, -0.15) is 5.10 Å². The zero-order valence-electron chi connectivity index (χ0n) is 10.7. The lowest BCUT2D eigenvalue weighted by Gasteiger charge is -2.16. The fraction of sp³-hybridized carbons (Fsp3) is 0.750. The molecule has 1 saturated heterocycles. The van der Waals surface area contributed by atoms with Crippen molar-refractivity contribution >= 4 is 11.6 Å². The first-order chi connectivity index (χ1) is 8.13. The maximum Gasteiger partial charge on any atom is 0.0863 e. The number of nitrogens with zero attached hydrogens (tertiary/aromatic N) is 2. The molecule has 0 aromatic carbocycles. The summed E-state index contributed by atoms with van der Waals surface area (Å²) in [5, 5.41) is 8.70. The van der Waals surface area contributed by atoms with Crippen LogP contribution in [0.1, 0.15) is 31.7 Å². The van der Waals surface area contributed by atoms with Gasteiger partial charge in [-0.1, -0.05) is 18.5 Å². The molecule has 0 spiro atoms. The third kappa shape index (κ3) is 2.64. The number of rotatable bonds is 4. The largest absolute Gasteiger partial charge is 0.377 e.